The van der Waals surface area contributed by atoms with Gasteiger partial charge in [0, 0.05) is 69.9 Å². The Morgan fingerprint density at radius 2 is 1.74 bits per heavy atom. The first-order valence-electron chi connectivity index (χ1n) is 16.2. The largest absolute Gasteiger partial charge is 0.370 e. The van der Waals surface area contributed by atoms with Crippen molar-refractivity contribution >= 4 is 48.0 Å². The molecule has 1 aromatic heterocycles. The zero-order chi connectivity index (χ0) is 32.7. The Bertz CT molecular complexity index is 1390. The number of rotatable bonds is 13. The van der Waals surface area contributed by atoms with Gasteiger partial charge in [-0.25, -0.2) is 4.98 Å². The first-order valence-corrected chi connectivity index (χ1v) is 16.2. The van der Waals surface area contributed by atoms with Crippen LogP contribution >= 0.6 is 0 Å². The summed E-state index contributed by atoms with van der Waals surface area (Å²) in [7, 11) is 3.02. The molecule has 3 saturated heterocycles. The standard InChI is InChI=1S/C34H45N7O5/c1-35-32(45)30(4-3-17-42)38(2)33(46)29-7-5-27(18-26(29)21-43)41-22-34(23-41)11-15-39(16-12-34)20-25-9-13-40(14-10-25)28-6-8-31(36-19-28)37-24-44/h5-8,17-19,21,24-25,30H,3-4,9-16,20,22-23H2,1-2H3,(H,35,45)(H,36,37,44). The molecule has 1 aromatic carbocycles. The van der Waals surface area contributed by atoms with E-state index in [1.54, 1.807) is 12.1 Å². The highest BCUT2D eigenvalue weighted by atomic mass is 16.2. The Balaban J connectivity index is 1.09. The Hall–Kier alpha value is -4.32. The number of benzene rings is 1. The average Bonchev–Trinajstić information content (AvgIpc) is 3.08. The first-order chi connectivity index (χ1) is 22.3. The lowest BCUT2D eigenvalue weighted by atomic mass is 9.71. The Morgan fingerprint density at radius 1 is 1.02 bits per heavy atom. The van der Waals surface area contributed by atoms with Crippen molar-refractivity contribution in [3.8, 4) is 0 Å². The molecule has 0 radical (unpaired) electrons. The molecule has 4 heterocycles. The number of amides is 3. The van der Waals surface area contributed by atoms with E-state index >= 15 is 0 Å². The van der Waals surface area contributed by atoms with E-state index < -0.39 is 11.9 Å². The zero-order valence-corrected chi connectivity index (χ0v) is 26.8. The second-order valence-electron chi connectivity index (χ2n) is 12.9. The second-order valence-corrected chi connectivity index (χ2v) is 12.9. The minimum absolute atomic E-state index is 0.153. The van der Waals surface area contributed by atoms with Gasteiger partial charge in [-0.2, -0.15) is 0 Å². The highest BCUT2D eigenvalue weighted by Crippen LogP contribution is 2.43. The normalized spacial score (nSPS) is 18.7. The lowest BCUT2D eigenvalue weighted by Gasteiger charge is -2.55. The van der Waals surface area contributed by atoms with Gasteiger partial charge in [-0.1, -0.05) is 0 Å². The lowest BCUT2D eigenvalue weighted by Crippen LogP contribution is -2.60. The van der Waals surface area contributed by atoms with Crippen LogP contribution in [0.15, 0.2) is 36.5 Å². The van der Waals surface area contributed by atoms with E-state index in [1.165, 1.54) is 19.0 Å². The SMILES string of the molecule is CNC(=O)C(CCC=O)N(C)C(=O)c1ccc(N2CC3(CCN(CC4CCN(c5ccc(NC=O)nc5)CC4)CC3)C2)cc1C=O. The van der Waals surface area contributed by atoms with Crippen LogP contribution in [0.1, 0.15) is 59.2 Å². The number of hydrogen-bond acceptors (Lipinski definition) is 9. The van der Waals surface area contributed by atoms with Crippen LogP contribution in [0.25, 0.3) is 0 Å². The summed E-state index contributed by atoms with van der Waals surface area (Å²) in [5.74, 6) is 0.471. The summed E-state index contributed by atoms with van der Waals surface area (Å²) in [4.78, 5) is 72.1. The predicted octanol–water partition coefficient (Wildman–Crippen LogP) is 2.45. The van der Waals surface area contributed by atoms with Gasteiger partial charge >= 0.3 is 0 Å². The van der Waals surface area contributed by atoms with E-state index in [1.807, 2.05) is 24.4 Å². The molecule has 1 unspecified atom stereocenters. The number of pyridine rings is 1. The van der Waals surface area contributed by atoms with Crippen LogP contribution in [-0.2, 0) is 14.4 Å². The summed E-state index contributed by atoms with van der Waals surface area (Å²) >= 11 is 0. The molecule has 246 valence electrons. The van der Waals surface area contributed by atoms with Crippen LogP contribution in [0.4, 0.5) is 17.2 Å². The molecule has 2 aromatic rings. The molecule has 1 atom stereocenters. The highest BCUT2D eigenvalue weighted by molar-refractivity contribution is 6.03. The Morgan fingerprint density at radius 3 is 2.35 bits per heavy atom. The second kappa shape index (κ2) is 14.8. The molecule has 5 rings (SSSR count). The quantitative estimate of drug-likeness (QED) is 0.320. The fourth-order valence-corrected chi connectivity index (χ4v) is 7.19. The van der Waals surface area contributed by atoms with E-state index in [-0.39, 0.29) is 29.7 Å². The number of nitrogens with zero attached hydrogens (tertiary/aromatic N) is 5. The molecular weight excluding hydrogens is 586 g/mol. The predicted molar refractivity (Wildman–Crippen MR) is 176 cm³/mol. The number of likely N-dealkylation sites (N-methyl/N-ethyl adjacent to an activating group) is 2. The van der Waals surface area contributed by atoms with Gasteiger partial charge in [0.15, 0.2) is 6.29 Å². The molecule has 3 aliphatic rings. The molecule has 3 amide bonds. The molecular formula is C34H45N7O5. The molecule has 3 aliphatic heterocycles. The van der Waals surface area contributed by atoms with Gasteiger partial charge in [-0.05, 0) is 81.4 Å². The van der Waals surface area contributed by atoms with Gasteiger partial charge in [0.25, 0.3) is 5.91 Å². The topological polar surface area (TPSA) is 135 Å². The number of carbonyl (C=O) groups excluding carboxylic acids is 5. The summed E-state index contributed by atoms with van der Waals surface area (Å²) < 4.78 is 0. The number of aldehydes is 2. The van der Waals surface area contributed by atoms with Crippen molar-refractivity contribution in [2.45, 2.75) is 44.6 Å². The Labute approximate surface area is 270 Å². The van der Waals surface area contributed by atoms with Crippen LogP contribution in [0.2, 0.25) is 0 Å². The van der Waals surface area contributed by atoms with Crippen molar-refractivity contribution in [2.75, 3.05) is 75.0 Å². The molecule has 12 nitrogen and oxygen atoms in total. The fourth-order valence-electron chi connectivity index (χ4n) is 7.19. The molecule has 0 aliphatic carbocycles. The lowest BCUT2D eigenvalue weighted by molar-refractivity contribution is -0.125. The number of likely N-dealkylation sites (tertiary alicyclic amines) is 1. The van der Waals surface area contributed by atoms with Crippen LogP contribution < -0.4 is 20.4 Å². The summed E-state index contributed by atoms with van der Waals surface area (Å²) in [6.07, 6.45) is 8.87. The van der Waals surface area contributed by atoms with Crippen LogP contribution in [-0.4, -0.2) is 112 Å². The van der Waals surface area contributed by atoms with Crippen molar-refractivity contribution in [2.24, 2.45) is 11.3 Å². The van der Waals surface area contributed by atoms with E-state index in [4.69, 9.17) is 0 Å². The van der Waals surface area contributed by atoms with Gasteiger partial charge in [0.1, 0.15) is 18.1 Å². The molecule has 3 fully saturated rings. The molecule has 0 saturated carbocycles. The van der Waals surface area contributed by atoms with Gasteiger partial charge in [-0.15, -0.1) is 0 Å². The zero-order valence-electron chi connectivity index (χ0n) is 26.8. The van der Waals surface area contributed by atoms with Crippen molar-refractivity contribution in [3.63, 3.8) is 0 Å². The van der Waals surface area contributed by atoms with Crippen molar-refractivity contribution in [3.05, 3.63) is 47.7 Å². The van der Waals surface area contributed by atoms with Gasteiger partial charge in [-0.3, -0.25) is 19.2 Å². The maximum absolute atomic E-state index is 13.3. The third-order valence-corrected chi connectivity index (χ3v) is 10.1. The van der Waals surface area contributed by atoms with Gasteiger partial charge in [0.05, 0.1) is 17.4 Å². The van der Waals surface area contributed by atoms with Crippen LogP contribution in [0, 0.1) is 11.3 Å². The molecule has 46 heavy (non-hydrogen) atoms. The minimum Gasteiger partial charge on any atom is -0.370 e. The molecule has 2 N–H and O–H groups in total. The fraction of sp³-hybridized carbons (Fsp3) is 0.529. The third-order valence-electron chi connectivity index (χ3n) is 10.1. The average molecular weight is 632 g/mol. The van der Waals surface area contributed by atoms with Crippen molar-refractivity contribution in [1.29, 1.82) is 0 Å². The minimum atomic E-state index is -0.801. The number of carbonyl (C=O) groups is 5. The third kappa shape index (κ3) is 7.38. The highest BCUT2D eigenvalue weighted by Gasteiger charge is 2.45. The molecule has 12 heteroatoms. The van der Waals surface area contributed by atoms with Crippen molar-refractivity contribution < 1.29 is 24.0 Å². The monoisotopic (exact) mass is 631 g/mol. The first kappa shape index (κ1) is 33.1. The molecule has 0 bridgehead atoms. The number of anilines is 3. The van der Waals surface area contributed by atoms with Gasteiger partial charge < -0.3 is 35.0 Å². The van der Waals surface area contributed by atoms with E-state index in [9.17, 15) is 24.0 Å². The summed E-state index contributed by atoms with van der Waals surface area (Å²) in [5, 5.41) is 5.13. The van der Waals surface area contributed by atoms with Crippen LogP contribution in [0.5, 0.6) is 0 Å². The van der Waals surface area contributed by atoms with E-state index in [0.717, 1.165) is 89.2 Å². The summed E-state index contributed by atoms with van der Waals surface area (Å²) in [6, 6.07) is 8.38. The maximum Gasteiger partial charge on any atom is 0.255 e. The molecule has 1 spiro atoms. The maximum atomic E-state index is 13.3. The summed E-state index contributed by atoms with van der Waals surface area (Å²) in [6.45, 7) is 7.22. The Kier molecular flexibility index (Phi) is 10.7. The number of aromatic nitrogens is 1. The van der Waals surface area contributed by atoms with E-state index in [0.29, 0.717) is 30.0 Å². The van der Waals surface area contributed by atoms with Crippen molar-refractivity contribution in [1.82, 2.24) is 20.1 Å². The number of piperidine rings is 2. The van der Waals surface area contributed by atoms with E-state index in [2.05, 4.69) is 30.3 Å². The van der Waals surface area contributed by atoms with Crippen LogP contribution in [0.3, 0.4) is 0 Å². The number of nitrogens with one attached hydrogen (secondary N) is 2. The van der Waals surface area contributed by atoms with Gasteiger partial charge in [0.2, 0.25) is 12.3 Å². The smallest absolute Gasteiger partial charge is 0.255 e. The number of hydrogen-bond donors (Lipinski definition) is 2. The summed E-state index contributed by atoms with van der Waals surface area (Å²) in [5.41, 5.74) is 2.85.